The van der Waals surface area contributed by atoms with Gasteiger partial charge in [-0.3, -0.25) is 4.79 Å². The second-order valence-electron chi connectivity index (χ2n) is 4.81. The van der Waals surface area contributed by atoms with Gasteiger partial charge in [-0.15, -0.1) is 0 Å². The van der Waals surface area contributed by atoms with Gasteiger partial charge in [0.25, 0.3) is 0 Å². The summed E-state index contributed by atoms with van der Waals surface area (Å²) in [5, 5.41) is 14.8. The van der Waals surface area contributed by atoms with E-state index < -0.39 is 5.54 Å². The molecule has 1 aromatic carbocycles. The molecule has 0 aromatic heterocycles. The molecule has 4 heteroatoms. The molecule has 0 atom stereocenters. The van der Waals surface area contributed by atoms with Gasteiger partial charge in [-0.05, 0) is 32.9 Å². The van der Waals surface area contributed by atoms with Gasteiger partial charge in [0.1, 0.15) is 0 Å². The first-order valence-corrected chi connectivity index (χ1v) is 5.65. The van der Waals surface area contributed by atoms with Gasteiger partial charge >= 0.3 is 0 Å². The standard InChI is InChI=1S/C13H20N2O2/c1-10-4-6-11(7-5-10)15-12(17)8-14-13(2,3)9-16/h4-7,14,16H,8-9H2,1-3H3,(H,15,17). The molecule has 0 spiro atoms. The highest BCUT2D eigenvalue weighted by atomic mass is 16.3. The molecule has 4 nitrogen and oxygen atoms in total. The second-order valence-corrected chi connectivity index (χ2v) is 4.81. The van der Waals surface area contributed by atoms with Crippen molar-refractivity contribution in [3.63, 3.8) is 0 Å². The maximum Gasteiger partial charge on any atom is 0.238 e. The summed E-state index contributed by atoms with van der Waals surface area (Å²) in [6.07, 6.45) is 0. The van der Waals surface area contributed by atoms with E-state index in [0.717, 1.165) is 11.3 Å². The van der Waals surface area contributed by atoms with Crippen molar-refractivity contribution in [2.24, 2.45) is 0 Å². The van der Waals surface area contributed by atoms with Crippen molar-refractivity contribution in [2.75, 3.05) is 18.5 Å². The van der Waals surface area contributed by atoms with Crippen LogP contribution in [0.2, 0.25) is 0 Å². The van der Waals surface area contributed by atoms with Crippen LogP contribution in [0.15, 0.2) is 24.3 Å². The zero-order chi connectivity index (χ0) is 12.9. The minimum atomic E-state index is -0.440. The van der Waals surface area contributed by atoms with E-state index in [2.05, 4.69) is 10.6 Å². The van der Waals surface area contributed by atoms with Crippen LogP contribution >= 0.6 is 0 Å². The Labute approximate surface area is 102 Å². The van der Waals surface area contributed by atoms with Gasteiger partial charge in [0.05, 0.1) is 13.2 Å². The zero-order valence-electron chi connectivity index (χ0n) is 10.6. The van der Waals surface area contributed by atoms with Crippen molar-refractivity contribution in [1.29, 1.82) is 0 Å². The Balaban J connectivity index is 2.42. The van der Waals surface area contributed by atoms with Crippen LogP contribution in [0.3, 0.4) is 0 Å². The van der Waals surface area contributed by atoms with E-state index in [1.807, 2.05) is 45.0 Å². The lowest BCUT2D eigenvalue weighted by Crippen LogP contribution is -2.46. The maximum absolute atomic E-state index is 11.6. The highest BCUT2D eigenvalue weighted by molar-refractivity contribution is 5.92. The monoisotopic (exact) mass is 236 g/mol. The summed E-state index contributed by atoms with van der Waals surface area (Å²) < 4.78 is 0. The van der Waals surface area contributed by atoms with Gasteiger partial charge in [-0.2, -0.15) is 0 Å². The molecule has 0 saturated heterocycles. The molecular formula is C13H20N2O2. The van der Waals surface area contributed by atoms with Crippen molar-refractivity contribution in [3.05, 3.63) is 29.8 Å². The topological polar surface area (TPSA) is 61.4 Å². The third-order valence-electron chi connectivity index (χ3n) is 2.46. The Morgan fingerprint density at radius 1 is 1.29 bits per heavy atom. The fourth-order valence-electron chi connectivity index (χ4n) is 1.22. The first kappa shape index (κ1) is 13.7. The molecule has 0 aliphatic rings. The Morgan fingerprint density at radius 2 is 1.88 bits per heavy atom. The highest BCUT2D eigenvalue weighted by Crippen LogP contribution is 2.08. The molecule has 0 heterocycles. The number of aryl methyl sites for hydroxylation is 1. The van der Waals surface area contributed by atoms with E-state index >= 15 is 0 Å². The lowest BCUT2D eigenvalue weighted by molar-refractivity contribution is -0.115. The molecule has 0 fully saturated rings. The molecule has 17 heavy (non-hydrogen) atoms. The quantitative estimate of drug-likeness (QED) is 0.722. The predicted octanol–water partition coefficient (Wildman–Crippen LogP) is 1.29. The van der Waals surface area contributed by atoms with Crippen LogP contribution in [0.5, 0.6) is 0 Å². The van der Waals surface area contributed by atoms with Crippen molar-refractivity contribution in [3.8, 4) is 0 Å². The first-order chi connectivity index (χ1) is 7.93. The molecular weight excluding hydrogens is 216 g/mol. The molecule has 0 unspecified atom stereocenters. The van der Waals surface area contributed by atoms with Gasteiger partial charge in [0.15, 0.2) is 0 Å². The SMILES string of the molecule is Cc1ccc(NC(=O)CNC(C)(C)CO)cc1. The number of amides is 1. The summed E-state index contributed by atoms with van der Waals surface area (Å²) in [5.41, 5.74) is 1.50. The van der Waals surface area contributed by atoms with Crippen LogP contribution in [0.1, 0.15) is 19.4 Å². The Hall–Kier alpha value is -1.39. The number of benzene rings is 1. The summed E-state index contributed by atoms with van der Waals surface area (Å²) in [6, 6.07) is 7.62. The lowest BCUT2D eigenvalue weighted by atomic mass is 10.1. The normalized spacial score (nSPS) is 11.3. The number of aliphatic hydroxyl groups excluding tert-OH is 1. The second kappa shape index (κ2) is 5.80. The van der Waals surface area contributed by atoms with E-state index in [1.54, 1.807) is 0 Å². The van der Waals surface area contributed by atoms with E-state index in [-0.39, 0.29) is 19.1 Å². The number of hydrogen-bond donors (Lipinski definition) is 3. The maximum atomic E-state index is 11.6. The van der Waals surface area contributed by atoms with E-state index in [9.17, 15) is 4.79 Å². The summed E-state index contributed by atoms with van der Waals surface area (Å²) in [4.78, 5) is 11.6. The smallest absolute Gasteiger partial charge is 0.238 e. The first-order valence-electron chi connectivity index (χ1n) is 5.65. The van der Waals surface area contributed by atoms with Crippen LogP contribution < -0.4 is 10.6 Å². The predicted molar refractivity (Wildman–Crippen MR) is 69.0 cm³/mol. The fourth-order valence-corrected chi connectivity index (χ4v) is 1.22. The van der Waals surface area contributed by atoms with E-state index in [0.29, 0.717) is 0 Å². The zero-order valence-corrected chi connectivity index (χ0v) is 10.6. The number of rotatable bonds is 5. The lowest BCUT2D eigenvalue weighted by Gasteiger charge is -2.23. The Bertz CT molecular complexity index is 372. The average Bonchev–Trinajstić information content (AvgIpc) is 2.30. The van der Waals surface area contributed by atoms with Gasteiger partial charge in [0, 0.05) is 11.2 Å². The van der Waals surface area contributed by atoms with Crippen molar-refractivity contribution in [2.45, 2.75) is 26.3 Å². The van der Waals surface area contributed by atoms with Gasteiger partial charge in [-0.25, -0.2) is 0 Å². The van der Waals surface area contributed by atoms with Crippen LogP contribution in [0.4, 0.5) is 5.69 Å². The summed E-state index contributed by atoms with van der Waals surface area (Å²) >= 11 is 0. The summed E-state index contributed by atoms with van der Waals surface area (Å²) in [6.45, 7) is 5.85. The number of carbonyl (C=O) groups is 1. The molecule has 0 bridgehead atoms. The fraction of sp³-hybridized carbons (Fsp3) is 0.462. The van der Waals surface area contributed by atoms with Crippen LogP contribution in [0.25, 0.3) is 0 Å². The van der Waals surface area contributed by atoms with Gasteiger partial charge in [0.2, 0.25) is 5.91 Å². The number of anilines is 1. The molecule has 0 radical (unpaired) electrons. The van der Waals surface area contributed by atoms with Crippen LogP contribution in [-0.4, -0.2) is 29.7 Å². The molecule has 1 amide bonds. The van der Waals surface area contributed by atoms with E-state index in [4.69, 9.17) is 5.11 Å². The van der Waals surface area contributed by atoms with E-state index in [1.165, 1.54) is 0 Å². The summed E-state index contributed by atoms with van der Waals surface area (Å²) in [7, 11) is 0. The average molecular weight is 236 g/mol. The van der Waals surface area contributed by atoms with Crippen molar-refractivity contribution >= 4 is 11.6 Å². The van der Waals surface area contributed by atoms with Gasteiger partial charge < -0.3 is 15.7 Å². The number of aliphatic hydroxyl groups is 1. The molecule has 0 saturated carbocycles. The Kier molecular flexibility index (Phi) is 4.66. The molecule has 0 aliphatic heterocycles. The molecule has 0 aliphatic carbocycles. The summed E-state index contributed by atoms with van der Waals surface area (Å²) in [5.74, 6) is -0.115. The van der Waals surface area contributed by atoms with Crippen LogP contribution in [-0.2, 0) is 4.79 Å². The molecule has 1 aromatic rings. The molecule has 94 valence electrons. The minimum Gasteiger partial charge on any atom is -0.394 e. The molecule has 1 rings (SSSR count). The minimum absolute atomic E-state index is 0.00912. The largest absolute Gasteiger partial charge is 0.394 e. The third kappa shape index (κ3) is 4.97. The third-order valence-corrected chi connectivity index (χ3v) is 2.46. The Morgan fingerprint density at radius 3 is 2.41 bits per heavy atom. The number of carbonyl (C=O) groups excluding carboxylic acids is 1. The number of hydrogen-bond acceptors (Lipinski definition) is 3. The van der Waals surface area contributed by atoms with Crippen molar-refractivity contribution < 1.29 is 9.90 Å². The van der Waals surface area contributed by atoms with Crippen molar-refractivity contribution in [1.82, 2.24) is 5.32 Å². The molecule has 3 N–H and O–H groups in total. The van der Waals surface area contributed by atoms with Gasteiger partial charge in [-0.1, -0.05) is 17.7 Å². The van der Waals surface area contributed by atoms with Crippen LogP contribution in [0, 0.1) is 6.92 Å². The highest BCUT2D eigenvalue weighted by Gasteiger charge is 2.16. The number of nitrogens with one attached hydrogen (secondary N) is 2.